The monoisotopic (exact) mass is 419 g/mol. The van der Waals surface area contributed by atoms with Gasteiger partial charge in [-0.25, -0.2) is 29.3 Å². The summed E-state index contributed by atoms with van der Waals surface area (Å²) in [4.78, 5) is 25.0. The molecule has 7 nitrogen and oxygen atoms in total. The lowest BCUT2D eigenvalue weighted by Crippen LogP contribution is -2.10. The first kappa shape index (κ1) is 18.4. The van der Waals surface area contributed by atoms with Crippen molar-refractivity contribution in [1.29, 1.82) is 0 Å². The predicted molar refractivity (Wildman–Crippen MR) is 114 cm³/mol. The van der Waals surface area contributed by atoms with Crippen LogP contribution >= 0.6 is 11.6 Å². The minimum Gasteiger partial charge on any atom is -0.368 e. The highest BCUT2D eigenvalue weighted by Gasteiger charge is 2.14. The molecule has 5 rings (SSSR count). The average molecular weight is 420 g/mol. The molecule has 0 aliphatic heterocycles. The number of nitrogens with one attached hydrogen (secondary N) is 2. The third-order valence-corrected chi connectivity index (χ3v) is 5.00. The number of para-hydroxylation sites is 1. The highest BCUT2D eigenvalue weighted by molar-refractivity contribution is 6.34. The Morgan fingerprint density at radius 2 is 1.93 bits per heavy atom. The van der Waals surface area contributed by atoms with Crippen molar-refractivity contribution < 1.29 is 4.39 Å². The van der Waals surface area contributed by atoms with E-state index in [1.54, 1.807) is 18.5 Å². The molecule has 148 valence electrons. The lowest BCUT2D eigenvalue weighted by molar-refractivity contribution is 0.628. The van der Waals surface area contributed by atoms with Crippen molar-refractivity contribution in [1.82, 2.24) is 29.9 Å². The van der Waals surface area contributed by atoms with Gasteiger partial charge in [0, 0.05) is 18.5 Å². The number of nitrogens with zero attached hydrogens (tertiary/aromatic N) is 5. The molecule has 0 unspecified atom stereocenters. The Balaban J connectivity index is 1.50. The van der Waals surface area contributed by atoms with E-state index >= 15 is 0 Å². The standard InChI is InChI=1S/C21H15ClFN7/c22-14-5-2-6-15-18(14)30-17(12-3-1-4-13(23)9-12)16(29-15)7-8-24-20-19-21(26-10-25-19)28-11-27-20/h1-6,9-11H,7-8H2,(H2,24,25,26,27,28). The number of imidazole rings is 1. The summed E-state index contributed by atoms with van der Waals surface area (Å²) in [5.41, 5.74) is 4.59. The van der Waals surface area contributed by atoms with Crippen molar-refractivity contribution in [2.75, 3.05) is 11.9 Å². The number of fused-ring (bicyclic) bond motifs is 2. The fourth-order valence-corrected chi connectivity index (χ4v) is 3.53. The van der Waals surface area contributed by atoms with Gasteiger partial charge in [0.1, 0.15) is 23.2 Å². The van der Waals surface area contributed by atoms with E-state index in [4.69, 9.17) is 21.6 Å². The van der Waals surface area contributed by atoms with Crippen LogP contribution in [0, 0.1) is 5.82 Å². The maximum atomic E-state index is 13.9. The maximum absolute atomic E-state index is 13.9. The highest BCUT2D eigenvalue weighted by atomic mass is 35.5. The van der Waals surface area contributed by atoms with Gasteiger partial charge in [-0.2, -0.15) is 0 Å². The van der Waals surface area contributed by atoms with Gasteiger partial charge in [-0.3, -0.25) is 0 Å². The van der Waals surface area contributed by atoms with Crippen molar-refractivity contribution in [2.45, 2.75) is 6.42 Å². The number of H-pyrrole nitrogens is 1. The van der Waals surface area contributed by atoms with Gasteiger partial charge in [0.15, 0.2) is 11.5 Å². The number of benzene rings is 2. The number of aromatic amines is 1. The maximum Gasteiger partial charge on any atom is 0.182 e. The van der Waals surface area contributed by atoms with E-state index < -0.39 is 0 Å². The first-order chi connectivity index (χ1) is 14.7. The lowest BCUT2D eigenvalue weighted by Gasteiger charge is -2.12. The van der Waals surface area contributed by atoms with Crippen LogP contribution in [0.1, 0.15) is 5.69 Å². The fraction of sp³-hybridized carbons (Fsp3) is 0.0952. The van der Waals surface area contributed by atoms with Crippen LogP contribution in [0.4, 0.5) is 10.2 Å². The molecule has 0 atom stereocenters. The van der Waals surface area contributed by atoms with Crippen molar-refractivity contribution in [3.8, 4) is 11.3 Å². The van der Waals surface area contributed by atoms with Crippen molar-refractivity contribution in [3.05, 3.63) is 71.7 Å². The van der Waals surface area contributed by atoms with Crippen LogP contribution in [0.15, 0.2) is 55.1 Å². The number of halogens is 2. The van der Waals surface area contributed by atoms with Crippen LogP contribution < -0.4 is 5.32 Å². The minimum absolute atomic E-state index is 0.333. The molecule has 0 amide bonds. The predicted octanol–water partition coefficient (Wildman–Crippen LogP) is 4.41. The zero-order chi connectivity index (χ0) is 20.5. The number of hydrogen-bond donors (Lipinski definition) is 2. The lowest BCUT2D eigenvalue weighted by atomic mass is 10.1. The Hall–Kier alpha value is -3.65. The van der Waals surface area contributed by atoms with Gasteiger partial charge in [0.2, 0.25) is 0 Å². The molecule has 5 aromatic rings. The van der Waals surface area contributed by atoms with Gasteiger partial charge >= 0.3 is 0 Å². The van der Waals surface area contributed by atoms with E-state index in [9.17, 15) is 4.39 Å². The Morgan fingerprint density at radius 1 is 1.03 bits per heavy atom. The second-order valence-electron chi connectivity index (χ2n) is 6.64. The molecule has 0 fully saturated rings. The van der Waals surface area contributed by atoms with Gasteiger partial charge in [-0.15, -0.1) is 0 Å². The molecule has 0 spiro atoms. The van der Waals surface area contributed by atoms with E-state index in [1.807, 2.05) is 18.2 Å². The second kappa shape index (κ2) is 7.64. The molecule has 2 aromatic carbocycles. The number of aromatic nitrogens is 6. The molecule has 3 aromatic heterocycles. The first-order valence-corrected chi connectivity index (χ1v) is 9.66. The summed E-state index contributed by atoms with van der Waals surface area (Å²) in [6, 6.07) is 11.8. The molecular formula is C21H15ClFN7. The Morgan fingerprint density at radius 3 is 2.83 bits per heavy atom. The minimum atomic E-state index is -0.333. The topological polar surface area (TPSA) is 92.3 Å². The zero-order valence-electron chi connectivity index (χ0n) is 15.6. The van der Waals surface area contributed by atoms with Crippen LogP contribution in [-0.4, -0.2) is 36.4 Å². The highest BCUT2D eigenvalue weighted by Crippen LogP contribution is 2.28. The third-order valence-electron chi connectivity index (χ3n) is 4.69. The summed E-state index contributed by atoms with van der Waals surface area (Å²) < 4.78 is 13.9. The fourth-order valence-electron chi connectivity index (χ4n) is 3.32. The molecule has 30 heavy (non-hydrogen) atoms. The third kappa shape index (κ3) is 3.42. The summed E-state index contributed by atoms with van der Waals surface area (Å²) in [5.74, 6) is 0.321. The molecule has 3 heterocycles. The van der Waals surface area contributed by atoms with Gasteiger partial charge in [-0.05, 0) is 24.3 Å². The largest absolute Gasteiger partial charge is 0.368 e. The van der Waals surface area contributed by atoms with Crippen molar-refractivity contribution >= 4 is 39.6 Å². The van der Waals surface area contributed by atoms with Gasteiger partial charge in [0.25, 0.3) is 0 Å². The van der Waals surface area contributed by atoms with Crippen molar-refractivity contribution in [3.63, 3.8) is 0 Å². The number of rotatable bonds is 5. The van der Waals surface area contributed by atoms with Crippen LogP contribution in [0.25, 0.3) is 33.5 Å². The molecule has 0 radical (unpaired) electrons. The Bertz CT molecular complexity index is 1370. The van der Waals surface area contributed by atoms with E-state index in [2.05, 4.69) is 25.3 Å². The SMILES string of the molecule is Fc1cccc(-c2nc3c(Cl)cccc3nc2CCNc2ncnc3nc[nH]c23)c1. The molecule has 0 saturated carbocycles. The number of anilines is 1. The van der Waals surface area contributed by atoms with Crippen LogP contribution in [0.3, 0.4) is 0 Å². The smallest absolute Gasteiger partial charge is 0.182 e. The summed E-state index contributed by atoms with van der Waals surface area (Å²) in [6.07, 6.45) is 3.58. The average Bonchev–Trinajstić information content (AvgIpc) is 3.23. The van der Waals surface area contributed by atoms with Gasteiger partial charge in [-0.1, -0.05) is 29.8 Å². The van der Waals surface area contributed by atoms with Gasteiger partial charge in [0.05, 0.1) is 28.3 Å². The van der Waals surface area contributed by atoms with E-state index in [0.29, 0.717) is 51.7 Å². The summed E-state index contributed by atoms with van der Waals surface area (Å²) in [6.45, 7) is 0.536. The molecule has 0 bridgehead atoms. The normalized spacial score (nSPS) is 11.3. The van der Waals surface area contributed by atoms with E-state index in [-0.39, 0.29) is 5.82 Å². The van der Waals surface area contributed by atoms with Crippen LogP contribution in [0.2, 0.25) is 5.02 Å². The Kier molecular flexibility index (Phi) is 4.68. The summed E-state index contributed by atoms with van der Waals surface area (Å²) >= 11 is 6.32. The quantitative estimate of drug-likeness (QED) is 0.438. The number of hydrogen-bond acceptors (Lipinski definition) is 6. The van der Waals surface area contributed by atoms with Crippen LogP contribution in [-0.2, 0) is 6.42 Å². The zero-order valence-corrected chi connectivity index (χ0v) is 16.4. The van der Waals surface area contributed by atoms with Crippen LogP contribution in [0.5, 0.6) is 0 Å². The molecule has 0 saturated heterocycles. The summed E-state index contributed by atoms with van der Waals surface area (Å²) in [5, 5.41) is 3.79. The van der Waals surface area contributed by atoms with Crippen molar-refractivity contribution in [2.24, 2.45) is 0 Å². The van der Waals surface area contributed by atoms with E-state index in [1.165, 1.54) is 18.5 Å². The second-order valence-corrected chi connectivity index (χ2v) is 7.04. The van der Waals surface area contributed by atoms with Gasteiger partial charge < -0.3 is 10.3 Å². The molecule has 9 heteroatoms. The van der Waals surface area contributed by atoms with E-state index in [0.717, 1.165) is 11.2 Å². The Labute approximate surface area is 175 Å². The molecular weight excluding hydrogens is 405 g/mol. The first-order valence-electron chi connectivity index (χ1n) is 9.28. The molecule has 0 aliphatic rings. The molecule has 0 aliphatic carbocycles. The molecule has 2 N–H and O–H groups in total. The summed E-state index contributed by atoms with van der Waals surface area (Å²) in [7, 11) is 0.